The molecule has 1 aromatic carbocycles. The fourth-order valence-corrected chi connectivity index (χ4v) is 2.74. The predicted octanol–water partition coefficient (Wildman–Crippen LogP) is 3.78. The molecule has 5 nitrogen and oxygen atoms in total. The van der Waals surface area contributed by atoms with Gasteiger partial charge in [0.2, 0.25) is 0 Å². The van der Waals surface area contributed by atoms with Crippen LogP contribution in [0.15, 0.2) is 12.1 Å². The Morgan fingerprint density at radius 2 is 1.75 bits per heavy atom. The molecule has 0 unspecified atom stereocenters. The molecular formula is C17H21F2NO4. The van der Waals surface area contributed by atoms with Gasteiger partial charge in [-0.15, -0.1) is 0 Å². The van der Waals surface area contributed by atoms with Crippen LogP contribution < -0.4 is 0 Å². The maximum Gasteiger partial charge on any atom is 0.410 e. The largest absolute Gasteiger partial charge is 0.478 e. The van der Waals surface area contributed by atoms with Crippen molar-refractivity contribution in [2.75, 3.05) is 13.1 Å². The molecule has 24 heavy (non-hydrogen) atoms. The van der Waals surface area contributed by atoms with Crippen molar-refractivity contribution in [1.82, 2.24) is 4.90 Å². The van der Waals surface area contributed by atoms with Crippen molar-refractivity contribution >= 4 is 12.1 Å². The highest BCUT2D eigenvalue weighted by Crippen LogP contribution is 2.32. The van der Waals surface area contributed by atoms with Gasteiger partial charge in [-0.3, -0.25) is 0 Å². The molecule has 2 rings (SSSR count). The van der Waals surface area contributed by atoms with E-state index in [9.17, 15) is 18.4 Å². The van der Waals surface area contributed by atoms with Crippen LogP contribution in [0.2, 0.25) is 0 Å². The lowest BCUT2D eigenvalue weighted by Crippen LogP contribution is -2.41. The Labute approximate surface area is 139 Å². The molecule has 1 heterocycles. The van der Waals surface area contributed by atoms with Gasteiger partial charge in [0.15, 0.2) is 0 Å². The summed E-state index contributed by atoms with van der Waals surface area (Å²) in [6.45, 7) is 6.08. The van der Waals surface area contributed by atoms with E-state index in [1.54, 1.807) is 25.7 Å². The van der Waals surface area contributed by atoms with Crippen LogP contribution in [0.5, 0.6) is 0 Å². The molecule has 1 saturated heterocycles. The molecule has 0 aromatic heterocycles. The van der Waals surface area contributed by atoms with Crippen molar-refractivity contribution in [2.24, 2.45) is 0 Å². The van der Waals surface area contributed by atoms with Crippen molar-refractivity contribution in [2.45, 2.75) is 45.1 Å². The Morgan fingerprint density at radius 3 is 2.25 bits per heavy atom. The second kappa shape index (κ2) is 6.75. The van der Waals surface area contributed by atoms with Crippen LogP contribution in [-0.2, 0) is 4.74 Å². The summed E-state index contributed by atoms with van der Waals surface area (Å²) in [6, 6.07) is 1.67. The highest BCUT2D eigenvalue weighted by Gasteiger charge is 2.29. The lowest BCUT2D eigenvalue weighted by atomic mass is 9.88. The van der Waals surface area contributed by atoms with Crippen LogP contribution in [-0.4, -0.2) is 40.8 Å². The zero-order chi connectivity index (χ0) is 18.1. The lowest BCUT2D eigenvalue weighted by Gasteiger charge is -2.33. The summed E-state index contributed by atoms with van der Waals surface area (Å²) in [5.74, 6) is -3.54. The second-order valence-corrected chi connectivity index (χ2v) is 6.90. The van der Waals surface area contributed by atoms with E-state index in [-0.39, 0.29) is 11.5 Å². The first-order valence-corrected chi connectivity index (χ1v) is 7.78. The molecule has 0 spiro atoms. The van der Waals surface area contributed by atoms with Gasteiger partial charge in [0, 0.05) is 19.2 Å². The van der Waals surface area contributed by atoms with Crippen molar-refractivity contribution in [3.05, 3.63) is 34.9 Å². The Balaban J connectivity index is 2.09. The van der Waals surface area contributed by atoms with Gasteiger partial charge in [-0.1, -0.05) is 0 Å². The number of nitrogens with zero attached hydrogens (tertiary/aromatic N) is 1. The molecule has 7 heteroatoms. The van der Waals surface area contributed by atoms with Gasteiger partial charge in [-0.2, -0.15) is 0 Å². The maximum absolute atomic E-state index is 14.0. The third kappa shape index (κ3) is 4.21. The van der Waals surface area contributed by atoms with Gasteiger partial charge >= 0.3 is 12.1 Å². The molecule has 1 aromatic rings. The smallest absolute Gasteiger partial charge is 0.410 e. The number of halogens is 2. The second-order valence-electron chi connectivity index (χ2n) is 6.90. The van der Waals surface area contributed by atoms with Crippen LogP contribution >= 0.6 is 0 Å². The number of aromatic carboxylic acids is 1. The number of benzene rings is 1. The Kier molecular flexibility index (Phi) is 5.11. The van der Waals surface area contributed by atoms with E-state index in [4.69, 9.17) is 9.84 Å². The van der Waals surface area contributed by atoms with Crippen molar-refractivity contribution in [3.63, 3.8) is 0 Å². The Bertz CT molecular complexity index is 647. The quantitative estimate of drug-likeness (QED) is 0.889. The number of piperidine rings is 1. The number of rotatable bonds is 2. The van der Waals surface area contributed by atoms with Crippen molar-refractivity contribution < 1.29 is 28.2 Å². The summed E-state index contributed by atoms with van der Waals surface area (Å²) >= 11 is 0. The normalized spacial score (nSPS) is 16.1. The van der Waals surface area contributed by atoms with E-state index < -0.39 is 34.9 Å². The molecule has 0 atom stereocenters. The first kappa shape index (κ1) is 18.2. The summed E-state index contributed by atoms with van der Waals surface area (Å²) in [4.78, 5) is 24.6. The molecule has 1 N–H and O–H groups in total. The number of hydrogen-bond donors (Lipinski definition) is 1. The van der Waals surface area contributed by atoms with Gasteiger partial charge in [0.25, 0.3) is 0 Å². The van der Waals surface area contributed by atoms with Gasteiger partial charge in [0.1, 0.15) is 17.2 Å². The fraction of sp³-hybridized carbons (Fsp3) is 0.529. The van der Waals surface area contributed by atoms with Crippen LogP contribution in [0.25, 0.3) is 0 Å². The maximum atomic E-state index is 14.0. The molecular weight excluding hydrogens is 320 g/mol. The van der Waals surface area contributed by atoms with Crippen LogP contribution in [0.4, 0.5) is 13.6 Å². The van der Waals surface area contributed by atoms with Crippen LogP contribution in [0.3, 0.4) is 0 Å². The average Bonchev–Trinajstić information content (AvgIpc) is 2.45. The average molecular weight is 341 g/mol. The van der Waals surface area contributed by atoms with E-state index in [2.05, 4.69) is 0 Å². The lowest BCUT2D eigenvalue weighted by molar-refractivity contribution is 0.0204. The Hall–Kier alpha value is -2.18. The van der Waals surface area contributed by atoms with E-state index in [0.29, 0.717) is 32.0 Å². The molecule has 1 aliphatic rings. The van der Waals surface area contributed by atoms with Crippen molar-refractivity contribution in [1.29, 1.82) is 0 Å². The summed E-state index contributed by atoms with van der Waals surface area (Å²) in [5.41, 5.74) is -0.952. The number of ether oxygens (including phenoxy) is 1. The minimum absolute atomic E-state index is 0.178. The molecule has 0 aliphatic carbocycles. The molecule has 132 valence electrons. The van der Waals surface area contributed by atoms with E-state index in [1.165, 1.54) is 0 Å². The number of hydrogen-bond acceptors (Lipinski definition) is 3. The summed E-state index contributed by atoms with van der Waals surface area (Å²) in [6.07, 6.45) is 0.494. The monoisotopic (exact) mass is 341 g/mol. The Morgan fingerprint density at radius 1 is 1.17 bits per heavy atom. The topological polar surface area (TPSA) is 66.8 Å². The zero-order valence-corrected chi connectivity index (χ0v) is 13.9. The molecule has 0 saturated carbocycles. The molecule has 1 amide bonds. The van der Waals surface area contributed by atoms with E-state index >= 15 is 0 Å². The predicted molar refractivity (Wildman–Crippen MR) is 83.1 cm³/mol. The number of carbonyl (C=O) groups excluding carboxylic acids is 1. The number of amides is 1. The molecule has 0 radical (unpaired) electrons. The highest BCUT2D eigenvalue weighted by molar-refractivity contribution is 5.88. The number of carboxylic acid groups (broad SMARTS) is 1. The SMILES string of the molecule is CC(C)(C)OC(=O)N1CCC(c2cc(C(=O)O)c(F)cc2F)CC1. The number of carbonyl (C=O) groups is 2. The van der Waals surface area contributed by atoms with Gasteiger partial charge in [-0.05, 0) is 51.2 Å². The third-order valence-corrected chi connectivity index (χ3v) is 3.90. The highest BCUT2D eigenvalue weighted by atomic mass is 19.1. The minimum atomic E-state index is -1.43. The first-order chi connectivity index (χ1) is 11.1. The number of likely N-dealkylation sites (tertiary alicyclic amines) is 1. The zero-order valence-electron chi connectivity index (χ0n) is 13.9. The molecule has 1 aliphatic heterocycles. The third-order valence-electron chi connectivity index (χ3n) is 3.90. The van der Waals surface area contributed by atoms with E-state index in [1.807, 2.05) is 0 Å². The fourth-order valence-electron chi connectivity index (χ4n) is 2.74. The first-order valence-electron chi connectivity index (χ1n) is 7.78. The molecule has 1 fully saturated rings. The summed E-state index contributed by atoms with van der Waals surface area (Å²) < 4.78 is 32.8. The van der Waals surface area contributed by atoms with Crippen LogP contribution in [0, 0.1) is 11.6 Å². The summed E-state index contributed by atoms with van der Waals surface area (Å²) in [5, 5.41) is 8.97. The van der Waals surface area contributed by atoms with E-state index in [0.717, 1.165) is 6.07 Å². The van der Waals surface area contributed by atoms with Gasteiger partial charge in [0.05, 0.1) is 5.56 Å². The van der Waals surface area contributed by atoms with Crippen LogP contribution in [0.1, 0.15) is 55.5 Å². The van der Waals surface area contributed by atoms with Gasteiger partial charge < -0.3 is 14.7 Å². The molecule has 0 bridgehead atoms. The standard InChI is InChI=1S/C17H21F2NO4/c1-17(2,3)24-16(23)20-6-4-10(5-7-20)11-8-12(15(21)22)14(19)9-13(11)18/h8-10H,4-7H2,1-3H3,(H,21,22). The summed E-state index contributed by atoms with van der Waals surface area (Å²) in [7, 11) is 0. The minimum Gasteiger partial charge on any atom is -0.478 e. The van der Waals surface area contributed by atoms with Gasteiger partial charge in [-0.25, -0.2) is 18.4 Å². The van der Waals surface area contributed by atoms with Crippen molar-refractivity contribution in [3.8, 4) is 0 Å². The number of carboxylic acids is 1.